The Bertz CT molecular complexity index is 717. The van der Waals surface area contributed by atoms with E-state index in [1.165, 1.54) is 39.2 Å². The molecule has 0 bridgehead atoms. The van der Waals surface area contributed by atoms with Crippen LogP contribution in [0.25, 0.3) is 22.9 Å². The van der Waals surface area contributed by atoms with Gasteiger partial charge in [0.2, 0.25) is 0 Å². The van der Waals surface area contributed by atoms with Gasteiger partial charge in [0, 0.05) is 24.4 Å². The maximum Gasteiger partial charge on any atom is 0.0456 e. The smallest absolute Gasteiger partial charge is 0.0456 e. The maximum atomic E-state index is 4.00. The summed E-state index contributed by atoms with van der Waals surface area (Å²) in [6.45, 7) is 11.5. The molecule has 0 spiro atoms. The first-order valence-corrected chi connectivity index (χ1v) is 8.19. The number of benzene rings is 1. The summed E-state index contributed by atoms with van der Waals surface area (Å²) in [5.74, 6) is 0. The number of aromatic amines is 1. The van der Waals surface area contributed by atoms with Crippen LogP contribution in [-0.2, 0) is 6.42 Å². The van der Waals surface area contributed by atoms with E-state index in [0.717, 1.165) is 13.0 Å². The standard InChI is InChI=1S/C21H28N2/c1-7-15(3)21-16(4)13-18(14-17(21)8-2)20-10-9-19(22-20)11-12-23(5)6/h7-10,13-14,22H,2,11-12H2,1,3-6H3/b15-7-. The van der Waals surface area contributed by atoms with E-state index in [4.69, 9.17) is 0 Å². The summed E-state index contributed by atoms with van der Waals surface area (Å²) >= 11 is 0. The average Bonchev–Trinajstić information content (AvgIpc) is 3.00. The third kappa shape index (κ3) is 4.02. The van der Waals surface area contributed by atoms with Gasteiger partial charge < -0.3 is 9.88 Å². The van der Waals surface area contributed by atoms with Crippen LogP contribution in [0.15, 0.2) is 36.9 Å². The van der Waals surface area contributed by atoms with Crippen molar-refractivity contribution in [2.75, 3.05) is 20.6 Å². The molecule has 0 unspecified atom stereocenters. The Labute approximate surface area is 140 Å². The van der Waals surface area contributed by atoms with Gasteiger partial charge in [-0.05, 0) is 87.0 Å². The number of allylic oxidation sites excluding steroid dienone is 2. The van der Waals surface area contributed by atoms with Crippen LogP contribution in [-0.4, -0.2) is 30.5 Å². The molecule has 2 heteroatoms. The number of nitrogens with zero attached hydrogens (tertiary/aromatic N) is 1. The summed E-state index contributed by atoms with van der Waals surface area (Å²) in [5.41, 5.74) is 8.75. The molecule has 0 aliphatic heterocycles. The van der Waals surface area contributed by atoms with E-state index in [9.17, 15) is 0 Å². The lowest BCUT2D eigenvalue weighted by Gasteiger charge is -2.13. The third-order valence-electron chi connectivity index (χ3n) is 4.30. The summed E-state index contributed by atoms with van der Waals surface area (Å²) in [7, 11) is 4.21. The van der Waals surface area contributed by atoms with Crippen LogP contribution in [0.1, 0.15) is 36.2 Å². The second-order valence-corrected chi connectivity index (χ2v) is 6.38. The number of nitrogens with one attached hydrogen (secondary N) is 1. The predicted molar refractivity (Wildman–Crippen MR) is 103 cm³/mol. The van der Waals surface area contributed by atoms with E-state index in [0.29, 0.717) is 0 Å². The molecule has 1 heterocycles. The van der Waals surface area contributed by atoms with E-state index in [-0.39, 0.29) is 0 Å². The molecule has 0 saturated carbocycles. The molecular formula is C21H28N2. The van der Waals surface area contributed by atoms with E-state index >= 15 is 0 Å². The van der Waals surface area contributed by atoms with Crippen LogP contribution < -0.4 is 0 Å². The Morgan fingerprint density at radius 1 is 1.26 bits per heavy atom. The minimum Gasteiger partial charge on any atom is -0.358 e. The Kier molecular flexibility index (Phi) is 5.62. The highest BCUT2D eigenvalue weighted by molar-refractivity contribution is 5.79. The van der Waals surface area contributed by atoms with Crippen LogP contribution in [0.4, 0.5) is 0 Å². The zero-order chi connectivity index (χ0) is 17.0. The minimum absolute atomic E-state index is 1.04. The van der Waals surface area contributed by atoms with Crippen molar-refractivity contribution in [2.24, 2.45) is 0 Å². The van der Waals surface area contributed by atoms with Crippen molar-refractivity contribution in [1.29, 1.82) is 0 Å². The van der Waals surface area contributed by atoms with Gasteiger partial charge in [-0.3, -0.25) is 0 Å². The molecule has 2 nitrogen and oxygen atoms in total. The zero-order valence-corrected chi connectivity index (χ0v) is 15.0. The Morgan fingerprint density at radius 2 is 2.00 bits per heavy atom. The normalized spacial score (nSPS) is 12.0. The van der Waals surface area contributed by atoms with Crippen LogP contribution in [0.5, 0.6) is 0 Å². The monoisotopic (exact) mass is 308 g/mol. The number of rotatable bonds is 6. The van der Waals surface area contributed by atoms with Gasteiger partial charge in [-0.15, -0.1) is 0 Å². The van der Waals surface area contributed by atoms with Crippen LogP contribution >= 0.6 is 0 Å². The zero-order valence-electron chi connectivity index (χ0n) is 15.0. The van der Waals surface area contributed by atoms with Gasteiger partial charge in [-0.25, -0.2) is 0 Å². The molecule has 1 aromatic heterocycles. The van der Waals surface area contributed by atoms with Crippen molar-refractivity contribution < 1.29 is 0 Å². The molecule has 122 valence electrons. The highest BCUT2D eigenvalue weighted by Crippen LogP contribution is 2.30. The lowest BCUT2D eigenvalue weighted by Crippen LogP contribution is -2.15. The number of hydrogen-bond donors (Lipinski definition) is 1. The molecule has 2 aromatic rings. The SMILES string of the molecule is C=Cc1cc(-c2ccc(CCN(C)C)[nH]2)cc(C)c1/C(C)=C\C. The van der Waals surface area contributed by atoms with Crippen molar-refractivity contribution in [3.05, 3.63) is 59.3 Å². The highest BCUT2D eigenvalue weighted by Gasteiger charge is 2.10. The third-order valence-corrected chi connectivity index (χ3v) is 4.30. The second-order valence-electron chi connectivity index (χ2n) is 6.38. The quantitative estimate of drug-likeness (QED) is 0.781. The summed E-state index contributed by atoms with van der Waals surface area (Å²) in [6.07, 6.45) is 5.15. The molecular weight excluding hydrogens is 280 g/mol. The number of H-pyrrole nitrogens is 1. The van der Waals surface area contributed by atoms with Crippen LogP contribution in [0.3, 0.4) is 0 Å². The molecule has 0 aliphatic carbocycles. The van der Waals surface area contributed by atoms with Gasteiger partial charge in [0.05, 0.1) is 0 Å². The number of hydrogen-bond acceptors (Lipinski definition) is 1. The molecule has 0 fully saturated rings. The molecule has 0 aliphatic rings. The van der Waals surface area contributed by atoms with Crippen molar-refractivity contribution in [1.82, 2.24) is 9.88 Å². The van der Waals surface area contributed by atoms with Crippen LogP contribution in [0, 0.1) is 6.92 Å². The van der Waals surface area contributed by atoms with E-state index in [2.05, 4.69) is 81.7 Å². The predicted octanol–water partition coefficient (Wildman–Crippen LogP) is 5.16. The fraction of sp³-hybridized carbons (Fsp3) is 0.333. The molecule has 2 rings (SSSR count). The van der Waals surface area contributed by atoms with Gasteiger partial charge in [0.1, 0.15) is 0 Å². The largest absolute Gasteiger partial charge is 0.358 e. The maximum absolute atomic E-state index is 4.00. The van der Waals surface area contributed by atoms with Gasteiger partial charge in [0.25, 0.3) is 0 Å². The van der Waals surface area contributed by atoms with Gasteiger partial charge >= 0.3 is 0 Å². The molecule has 1 aromatic carbocycles. The first-order valence-electron chi connectivity index (χ1n) is 8.19. The van der Waals surface area contributed by atoms with Gasteiger partial charge in [-0.1, -0.05) is 18.7 Å². The van der Waals surface area contributed by atoms with E-state index < -0.39 is 0 Å². The summed E-state index contributed by atoms with van der Waals surface area (Å²) in [4.78, 5) is 5.75. The number of likely N-dealkylation sites (N-methyl/N-ethyl adjacent to an activating group) is 1. The molecule has 0 saturated heterocycles. The molecule has 23 heavy (non-hydrogen) atoms. The second kappa shape index (κ2) is 7.47. The van der Waals surface area contributed by atoms with Crippen molar-refractivity contribution >= 4 is 11.6 Å². The minimum atomic E-state index is 1.04. The number of aryl methyl sites for hydroxylation is 1. The summed E-state index contributed by atoms with van der Waals surface area (Å²) in [5, 5.41) is 0. The van der Waals surface area contributed by atoms with Crippen molar-refractivity contribution in [3.8, 4) is 11.3 Å². The average molecular weight is 308 g/mol. The fourth-order valence-corrected chi connectivity index (χ4v) is 2.91. The molecule has 0 amide bonds. The first kappa shape index (κ1) is 17.3. The van der Waals surface area contributed by atoms with Crippen molar-refractivity contribution in [2.45, 2.75) is 27.2 Å². The van der Waals surface area contributed by atoms with Crippen LogP contribution in [0.2, 0.25) is 0 Å². The molecule has 1 N–H and O–H groups in total. The van der Waals surface area contributed by atoms with Gasteiger partial charge in [-0.2, -0.15) is 0 Å². The Hall–Kier alpha value is -2.06. The summed E-state index contributed by atoms with van der Waals surface area (Å²) in [6, 6.07) is 8.85. The lowest BCUT2D eigenvalue weighted by atomic mass is 9.92. The lowest BCUT2D eigenvalue weighted by molar-refractivity contribution is 0.412. The van der Waals surface area contributed by atoms with Gasteiger partial charge in [0.15, 0.2) is 0 Å². The first-order chi connectivity index (χ1) is 11.0. The van der Waals surface area contributed by atoms with E-state index in [1.807, 2.05) is 6.08 Å². The molecule has 0 atom stereocenters. The summed E-state index contributed by atoms with van der Waals surface area (Å²) < 4.78 is 0. The molecule has 0 radical (unpaired) electrons. The topological polar surface area (TPSA) is 19.0 Å². The number of aromatic nitrogens is 1. The Balaban J connectivity index is 2.37. The van der Waals surface area contributed by atoms with Crippen molar-refractivity contribution in [3.63, 3.8) is 0 Å². The highest BCUT2D eigenvalue weighted by atomic mass is 15.0. The Morgan fingerprint density at radius 3 is 2.61 bits per heavy atom. The van der Waals surface area contributed by atoms with E-state index in [1.54, 1.807) is 0 Å². The fourth-order valence-electron chi connectivity index (χ4n) is 2.91.